The van der Waals surface area contributed by atoms with Gasteiger partial charge < -0.3 is 5.11 Å². The van der Waals surface area contributed by atoms with Crippen molar-refractivity contribution in [2.75, 3.05) is 12.3 Å². The van der Waals surface area contributed by atoms with E-state index in [1.165, 1.54) is 17.8 Å². The Morgan fingerprint density at radius 2 is 2.10 bits per heavy atom. The maximum Gasteiger partial charge on any atom is 0.211 e. The van der Waals surface area contributed by atoms with Crippen LogP contribution in [0.15, 0.2) is 16.8 Å². The van der Waals surface area contributed by atoms with Gasteiger partial charge in [0.05, 0.1) is 5.75 Å². The highest BCUT2D eigenvalue weighted by Crippen LogP contribution is 2.25. The quantitative estimate of drug-likeness (QED) is 0.847. The number of hydrogen-bond donors (Lipinski definition) is 2. The summed E-state index contributed by atoms with van der Waals surface area (Å²) in [6.07, 6.45) is 5.49. The van der Waals surface area contributed by atoms with Crippen LogP contribution in [-0.2, 0) is 15.6 Å². The summed E-state index contributed by atoms with van der Waals surface area (Å²) in [5.74, 6) is 0.458. The molecule has 1 fully saturated rings. The Labute approximate surface area is 125 Å². The zero-order chi connectivity index (χ0) is 14.6. The monoisotopic (exact) mass is 317 g/mol. The molecule has 6 heteroatoms. The Bertz CT molecular complexity index is 503. The van der Waals surface area contributed by atoms with Crippen molar-refractivity contribution in [1.29, 1.82) is 0 Å². The number of aliphatic hydroxyl groups is 1. The fourth-order valence-corrected chi connectivity index (χ4v) is 5.00. The first kappa shape index (κ1) is 15.9. The van der Waals surface area contributed by atoms with E-state index in [-0.39, 0.29) is 18.2 Å². The first-order valence-corrected chi connectivity index (χ1v) is 9.71. The lowest BCUT2D eigenvalue weighted by atomic mass is 9.91. The molecule has 0 bridgehead atoms. The van der Waals surface area contributed by atoms with Crippen LogP contribution in [0.25, 0.3) is 0 Å². The van der Waals surface area contributed by atoms with Crippen LogP contribution in [0.4, 0.5) is 0 Å². The van der Waals surface area contributed by atoms with Crippen molar-refractivity contribution in [3.05, 3.63) is 22.4 Å². The molecule has 2 N–H and O–H groups in total. The minimum Gasteiger partial charge on any atom is -0.384 e. The molecule has 114 valence electrons. The molecule has 0 saturated heterocycles. The minimum absolute atomic E-state index is 0.0266. The summed E-state index contributed by atoms with van der Waals surface area (Å²) in [7, 11) is -3.31. The SMILES string of the molecule is CC(O)(CNS(=O)(=O)CC1CCCCC1)c1ccsc1. The molecule has 20 heavy (non-hydrogen) atoms. The van der Waals surface area contributed by atoms with Crippen molar-refractivity contribution in [2.45, 2.75) is 44.6 Å². The van der Waals surface area contributed by atoms with Gasteiger partial charge in [0.15, 0.2) is 0 Å². The van der Waals surface area contributed by atoms with Crippen LogP contribution >= 0.6 is 11.3 Å². The molecular weight excluding hydrogens is 294 g/mol. The maximum absolute atomic E-state index is 12.1. The lowest BCUT2D eigenvalue weighted by Gasteiger charge is -2.25. The van der Waals surface area contributed by atoms with Crippen LogP contribution in [-0.4, -0.2) is 25.8 Å². The van der Waals surface area contributed by atoms with Gasteiger partial charge in [-0.25, -0.2) is 13.1 Å². The summed E-state index contributed by atoms with van der Waals surface area (Å²) >= 11 is 1.49. The third-order valence-electron chi connectivity index (χ3n) is 3.96. The Balaban J connectivity index is 1.88. The first-order valence-electron chi connectivity index (χ1n) is 7.11. The van der Waals surface area contributed by atoms with Gasteiger partial charge in [0.2, 0.25) is 10.0 Å². The average Bonchev–Trinajstić information content (AvgIpc) is 2.92. The van der Waals surface area contributed by atoms with Gasteiger partial charge >= 0.3 is 0 Å². The molecule has 2 rings (SSSR count). The van der Waals surface area contributed by atoms with Crippen LogP contribution in [0.2, 0.25) is 0 Å². The minimum atomic E-state index is -3.31. The second-order valence-corrected chi connectivity index (χ2v) is 8.52. The molecule has 0 aliphatic heterocycles. The Morgan fingerprint density at radius 1 is 1.40 bits per heavy atom. The highest BCUT2D eigenvalue weighted by molar-refractivity contribution is 7.89. The number of sulfonamides is 1. The van der Waals surface area contributed by atoms with Crippen LogP contribution in [0, 0.1) is 5.92 Å². The number of thiophene rings is 1. The molecule has 1 heterocycles. The molecule has 0 spiro atoms. The molecule has 1 unspecified atom stereocenters. The summed E-state index contributed by atoms with van der Waals surface area (Å²) in [5.41, 5.74) is -0.400. The molecule has 1 aromatic rings. The molecule has 4 nitrogen and oxygen atoms in total. The van der Waals surface area contributed by atoms with Gasteiger partial charge in [-0.2, -0.15) is 11.3 Å². The second kappa shape index (κ2) is 6.56. The molecule has 0 amide bonds. The predicted molar refractivity (Wildman–Crippen MR) is 82.3 cm³/mol. The van der Waals surface area contributed by atoms with Crippen molar-refractivity contribution in [1.82, 2.24) is 4.72 Å². The average molecular weight is 317 g/mol. The molecule has 0 radical (unpaired) electrons. The summed E-state index contributed by atoms with van der Waals surface area (Å²) in [5, 5.41) is 14.0. The normalized spacial score (nSPS) is 20.7. The van der Waals surface area contributed by atoms with Crippen LogP contribution in [0.3, 0.4) is 0 Å². The lowest BCUT2D eigenvalue weighted by Crippen LogP contribution is -2.40. The Morgan fingerprint density at radius 3 is 2.70 bits per heavy atom. The molecule has 1 saturated carbocycles. The molecule has 1 aromatic heterocycles. The fraction of sp³-hybridized carbons (Fsp3) is 0.714. The third kappa shape index (κ3) is 4.55. The van der Waals surface area contributed by atoms with E-state index in [4.69, 9.17) is 0 Å². The van der Waals surface area contributed by atoms with Gasteiger partial charge in [-0.1, -0.05) is 19.3 Å². The number of nitrogens with one attached hydrogen (secondary N) is 1. The van der Waals surface area contributed by atoms with Crippen LogP contribution in [0.5, 0.6) is 0 Å². The second-order valence-electron chi connectivity index (χ2n) is 5.89. The van der Waals surface area contributed by atoms with Crippen molar-refractivity contribution >= 4 is 21.4 Å². The van der Waals surface area contributed by atoms with E-state index >= 15 is 0 Å². The summed E-state index contributed by atoms with van der Waals surface area (Å²) in [4.78, 5) is 0. The van der Waals surface area contributed by atoms with Crippen molar-refractivity contribution in [2.24, 2.45) is 5.92 Å². The summed E-state index contributed by atoms with van der Waals surface area (Å²) in [6, 6.07) is 1.82. The van der Waals surface area contributed by atoms with E-state index in [1.807, 2.05) is 16.8 Å². The summed E-state index contributed by atoms with van der Waals surface area (Å²) in [6.45, 7) is 1.66. The Hall–Kier alpha value is -0.430. The molecule has 1 aliphatic carbocycles. The molecule has 1 aliphatic rings. The van der Waals surface area contributed by atoms with E-state index in [0.717, 1.165) is 31.2 Å². The zero-order valence-electron chi connectivity index (χ0n) is 11.8. The lowest BCUT2D eigenvalue weighted by molar-refractivity contribution is 0.0631. The summed E-state index contributed by atoms with van der Waals surface area (Å²) < 4.78 is 26.8. The zero-order valence-corrected chi connectivity index (χ0v) is 13.5. The molecular formula is C14H23NO3S2. The van der Waals surface area contributed by atoms with Crippen molar-refractivity contribution in [3.8, 4) is 0 Å². The fourth-order valence-electron chi connectivity index (χ4n) is 2.65. The largest absolute Gasteiger partial charge is 0.384 e. The van der Waals surface area contributed by atoms with Gasteiger partial charge in [0.25, 0.3) is 0 Å². The number of rotatable bonds is 6. The standard InChI is InChI=1S/C14H23NO3S2/c1-14(16,13-7-8-19-9-13)11-15-20(17,18)10-12-5-3-2-4-6-12/h7-9,12,15-16H,2-6,10-11H2,1H3. The van der Waals surface area contributed by atoms with Gasteiger partial charge in [0.1, 0.15) is 5.60 Å². The third-order valence-corrected chi connectivity index (χ3v) is 6.14. The highest BCUT2D eigenvalue weighted by Gasteiger charge is 2.27. The highest BCUT2D eigenvalue weighted by atomic mass is 32.2. The maximum atomic E-state index is 12.1. The predicted octanol–water partition coefficient (Wildman–Crippen LogP) is 2.46. The van der Waals surface area contributed by atoms with Gasteiger partial charge in [-0.05, 0) is 48.1 Å². The van der Waals surface area contributed by atoms with E-state index < -0.39 is 15.6 Å². The van der Waals surface area contributed by atoms with Gasteiger partial charge in [-0.15, -0.1) is 0 Å². The topological polar surface area (TPSA) is 66.4 Å². The van der Waals surface area contributed by atoms with E-state index in [2.05, 4.69) is 4.72 Å². The first-order chi connectivity index (χ1) is 9.39. The number of hydrogen-bond acceptors (Lipinski definition) is 4. The Kier molecular flexibility index (Phi) is 5.23. The van der Waals surface area contributed by atoms with Crippen LogP contribution < -0.4 is 4.72 Å². The molecule has 0 aromatic carbocycles. The smallest absolute Gasteiger partial charge is 0.211 e. The van der Waals surface area contributed by atoms with Gasteiger partial charge in [-0.3, -0.25) is 0 Å². The van der Waals surface area contributed by atoms with Crippen molar-refractivity contribution < 1.29 is 13.5 Å². The molecule has 1 atom stereocenters. The van der Waals surface area contributed by atoms with Crippen molar-refractivity contribution in [3.63, 3.8) is 0 Å². The van der Waals surface area contributed by atoms with E-state index in [0.29, 0.717) is 0 Å². The van der Waals surface area contributed by atoms with Crippen LogP contribution in [0.1, 0.15) is 44.6 Å². The van der Waals surface area contributed by atoms with E-state index in [1.54, 1.807) is 6.92 Å². The van der Waals surface area contributed by atoms with E-state index in [9.17, 15) is 13.5 Å². The van der Waals surface area contributed by atoms with Gasteiger partial charge in [0, 0.05) is 6.54 Å².